The lowest BCUT2D eigenvalue weighted by Crippen LogP contribution is -2.16. The van der Waals surface area contributed by atoms with Crippen molar-refractivity contribution in [3.8, 4) is 16.8 Å². The number of fused-ring (bicyclic) bond motifs is 9. The Labute approximate surface area is 361 Å². The molecule has 3 nitrogen and oxygen atoms in total. The van der Waals surface area contributed by atoms with Crippen molar-refractivity contribution in [1.29, 1.82) is 0 Å². The van der Waals surface area contributed by atoms with Crippen molar-refractivity contribution in [1.82, 2.24) is 4.57 Å². The van der Waals surface area contributed by atoms with Gasteiger partial charge in [0.15, 0.2) is 0 Å². The summed E-state index contributed by atoms with van der Waals surface area (Å²) in [6.45, 7) is 6.79. The van der Waals surface area contributed by atoms with Crippen molar-refractivity contribution >= 4 is 77.5 Å². The van der Waals surface area contributed by atoms with Crippen LogP contribution in [0.2, 0.25) is 0 Å². The van der Waals surface area contributed by atoms with E-state index in [1.54, 1.807) is 0 Å². The Balaban J connectivity index is 1.10. The maximum Gasteiger partial charge on any atom is 0.137 e. The third-order valence-electron chi connectivity index (χ3n) is 13.3. The van der Waals surface area contributed by atoms with Crippen molar-refractivity contribution in [3.05, 3.63) is 222 Å². The van der Waals surface area contributed by atoms with Crippen LogP contribution in [-0.2, 0) is 11.8 Å². The Hall–Kier alpha value is -7.62. The van der Waals surface area contributed by atoms with E-state index in [0.29, 0.717) is 6.42 Å². The average molecular weight is 797 g/mol. The molecule has 0 bridgehead atoms. The molecular formula is C59H44N2O. The van der Waals surface area contributed by atoms with E-state index in [2.05, 4.69) is 230 Å². The Bertz CT molecular complexity index is 3600. The fraction of sp³-hybridized carbons (Fsp3) is 0.0847. The zero-order chi connectivity index (χ0) is 41.5. The molecule has 0 saturated carbocycles. The Morgan fingerprint density at radius 2 is 1.24 bits per heavy atom. The molecule has 0 unspecified atom stereocenters. The van der Waals surface area contributed by atoms with E-state index in [1.807, 2.05) is 0 Å². The van der Waals surface area contributed by atoms with Crippen molar-refractivity contribution in [2.45, 2.75) is 32.6 Å². The van der Waals surface area contributed by atoms with Gasteiger partial charge in [0.2, 0.25) is 0 Å². The fourth-order valence-corrected chi connectivity index (χ4v) is 10.4. The smallest absolute Gasteiger partial charge is 0.137 e. The highest BCUT2D eigenvalue weighted by atomic mass is 16.3. The molecule has 9 aromatic carbocycles. The summed E-state index contributed by atoms with van der Waals surface area (Å²) in [6, 6.07) is 69.1. The van der Waals surface area contributed by atoms with Gasteiger partial charge >= 0.3 is 0 Å². The average Bonchev–Trinajstić information content (AvgIpc) is 3.90. The van der Waals surface area contributed by atoms with E-state index in [0.717, 1.165) is 39.5 Å². The largest absolute Gasteiger partial charge is 0.456 e. The predicted octanol–water partition coefficient (Wildman–Crippen LogP) is 16.2. The van der Waals surface area contributed by atoms with E-state index in [4.69, 9.17) is 4.42 Å². The molecule has 0 N–H and O–H groups in total. The molecule has 11 aromatic rings. The number of rotatable bonds is 7. The summed E-state index contributed by atoms with van der Waals surface area (Å²) in [5.41, 5.74) is 15.3. The van der Waals surface area contributed by atoms with Crippen LogP contribution in [0.5, 0.6) is 0 Å². The summed E-state index contributed by atoms with van der Waals surface area (Å²) in [6.07, 6.45) is 4.91. The Kier molecular flexibility index (Phi) is 8.17. The van der Waals surface area contributed by atoms with Crippen LogP contribution in [0.15, 0.2) is 199 Å². The number of hydrogen-bond donors (Lipinski definition) is 0. The number of hydrogen-bond acceptors (Lipinski definition) is 2. The lowest BCUT2D eigenvalue weighted by molar-refractivity contribution is 0.599. The van der Waals surface area contributed by atoms with E-state index >= 15 is 0 Å². The van der Waals surface area contributed by atoms with Crippen LogP contribution in [0.3, 0.4) is 0 Å². The molecule has 0 amide bonds. The molecule has 0 aliphatic heterocycles. The molecule has 1 aliphatic carbocycles. The summed E-state index contributed by atoms with van der Waals surface area (Å²) < 4.78 is 9.29. The van der Waals surface area contributed by atoms with Crippen LogP contribution >= 0.6 is 0 Å². The van der Waals surface area contributed by atoms with Crippen molar-refractivity contribution in [2.24, 2.45) is 0 Å². The third kappa shape index (κ3) is 5.51. The van der Waals surface area contributed by atoms with Gasteiger partial charge in [-0.05, 0) is 124 Å². The molecule has 1 aliphatic rings. The minimum absolute atomic E-state index is 0.141. The second kappa shape index (κ2) is 14.0. The number of nitrogens with zero attached hydrogens (tertiary/aromatic N) is 2. The summed E-state index contributed by atoms with van der Waals surface area (Å²) >= 11 is 0. The van der Waals surface area contributed by atoms with Gasteiger partial charge in [0.25, 0.3) is 0 Å². The molecule has 0 fully saturated rings. The third-order valence-corrected chi connectivity index (χ3v) is 13.3. The molecule has 3 heteroatoms. The van der Waals surface area contributed by atoms with E-state index < -0.39 is 0 Å². The lowest BCUT2D eigenvalue weighted by Gasteiger charge is -2.30. The normalized spacial score (nSPS) is 13.2. The van der Waals surface area contributed by atoms with E-state index in [1.165, 1.54) is 76.7 Å². The van der Waals surface area contributed by atoms with Crippen LogP contribution in [-0.4, -0.2) is 4.57 Å². The summed E-state index contributed by atoms with van der Waals surface area (Å²) in [4.78, 5) is 2.49. The minimum Gasteiger partial charge on any atom is -0.456 e. The highest BCUT2D eigenvalue weighted by Gasteiger charge is 2.38. The van der Waals surface area contributed by atoms with Gasteiger partial charge in [-0.2, -0.15) is 0 Å². The van der Waals surface area contributed by atoms with Gasteiger partial charge < -0.3 is 13.9 Å². The molecule has 296 valence electrons. The maximum atomic E-state index is 6.88. The standard InChI is InChI=1S/C59H44N2O/c1-4-16-55-48(34-38-29-32-51-46(33-38)47-36-41-19-10-11-20-42(41)37-54(47)60(51)43-21-6-5-7-22-43)58-53(27-15-28-56(58)62-55)61(44-31-30-39-17-8-9-18-40(39)35-44)52-26-14-25-50-57(52)45-23-12-13-24-49(45)59(50,2)3/h4-33,35-37H,34H2,1-3H3/b16-4-. The lowest BCUT2D eigenvalue weighted by atomic mass is 9.82. The number of anilines is 3. The second-order valence-corrected chi connectivity index (χ2v) is 17.2. The maximum absolute atomic E-state index is 6.88. The van der Waals surface area contributed by atoms with Crippen LogP contribution in [0.1, 0.15) is 48.8 Å². The Morgan fingerprint density at radius 1 is 0.565 bits per heavy atom. The molecule has 2 aromatic heterocycles. The number of benzene rings is 9. The Morgan fingerprint density at radius 3 is 2.06 bits per heavy atom. The second-order valence-electron chi connectivity index (χ2n) is 17.2. The summed E-state index contributed by atoms with van der Waals surface area (Å²) in [7, 11) is 0. The number of para-hydroxylation sites is 1. The van der Waals surface area contributed by atoms with Crippen molar-refractivity contribution in [3.63, 3.8) is 0 Å². The zero-order valence-electron chi connectivity index (χ0n) is 35.1. The first-order valence-electron chi connectivity index (χ1n) is 21.7. The molecule has 62 heavy (non-hydrogen) atoms. The van der Waals surface area contributed by atoms with E-state index in [-0.39, 0.29) is 5.41 Å². The number of allylic oxidation sites excluding steroid dienone is 1. The van der Waals surface area contributed by atoms with Crippen molar-refractivity contribution < 1.29 is 4.42 Å². The predicted molar refractivity (Wildman–Crippen MR) is 262 cm³/mol. The fourth-order valence-electron chi connectivity index (χ4n) is 10.4. The molecular weight excluding hydrogens is 753 g/mol. The zero-order valence-corrected chi connectivity index (χ0v) is 35.1. The topological polar surface area (TPSA) is 21.3 Å². The highest BCUT2D eigenvalue weighted by molar-refractivity contribution is 6.14. The monoisotopic (exact) mass is 796 g/mol. The number of aromatic nitrogens is 1. The van der Waals surface area contributed by atoms with Crippen LogP contribution in [0.25, 0.3) is 77.2 Å². The van der Waals surface area contributed by atoms with Gasteiger partial charge in [-0.1, -0.05) is 141 Å². The molecule has 0 spiro atoms. The molecule has 12 rings (SSSR count). The first kappa shape index (κ1) is 36.2. The van der Waals surface area contributed by atoms with Gasteiger partial charge in [-0.3, -0.25) is 0 Å². The molecule has 2 heterocycles. The van der Waals surface area contributed by atoms with Gasteiger partial charge in [0.05, 0.1) is 22.4 Å². The van der Waals surface area contributed by atoms with Crippen LogP contribution in [0.4, 0.5) is 17.1 Å². The molecule has 0 atom stereocenters. The van der Waals surface area contributed by atoms with E-state index in [9.17, 15) is 0 Å². The summed E-state index contributed by atoms with van der Waals surface area (Å²) in [5.74, 6) is 0.885. The summed E-state index contributed by atoms with van der Waals surface area (Å²) in [5, 5.41) is 8.51. The van der Waals surface area contributed by atoms with Crippen molar-refractivity contribution in [2.75, 3.05) is 4.90 Å². The first-order valence-corrected chi connectivity index (χ1v) is 21.7. The highest BCUT2D eigenvalue weighted by Crippen LogP contribution is 2.55. The molecule has 0 saturated heterocycles. The minimum atomic E-state index is -0.141. The first-order chi connectivity index (χ1) is 30.5. The van der Waals surface area contributed by atoms with Crippen LogP contribution in [0, 0.1) is 0 Å². The molecule has 0 radical (unpaired) electrons. The van der Waals surface area contributed by atoms with Gasteiger partial charge in [0, 0.05) is 50.5 Å². The SMILES string of the molecule is C/C=C\c1oc2cccc(N(c3ccc4ccccc4c3)c3cccc4c3-c3ccccc3C4(C)C)c2c1Cc1ccc2c(c1)c1cc3ccccc3cc1n2-c1ccccc1. The van der Waals surface area contributed by atoms with Crippen LogP contribution < -0.4 is 4.90 Å². The van der Waals surface area contributed by atoms with Gasteiger partial charge in [-0.15, -0.1) is 0 Å². The van der Waals surface area contributed by atoms with Gasteiger partial charge in [-0.25, -0.2) is 0 Å². The quantitative estimate of drug-likeness (QED) is 0.160. The van der Waals surface area contributed by atoms with Gasteiger partial charge in [0.1, 0.15) is 11.3 Å². The number of furan rings is 1.